The summed E-state index contributed by atoms with van der Waals surface area (Å²) in [6, 6.07) is 21.0. The molecule has 1 aliphatic heterocycles. The molecule has 184 valence electrons. The molecule has 4 rings (SSSR count). The van der Waals surface area contributed by atoms with Gasteiger partial charge in [0.15, 0.2) is 0 Å². The van der Waals surface area contributed by atoms with Crippen LogP contribution >= 0.6 is 11.6 Å². The molecule has 6 heteroatoms. The van der Waals surface area contributed by atoms with E-state index in [-0.39, 0.29) is 23.6 Å². The maximum absolute atomic E-state index is 13.9. The van der Waals surface area contributed by atoms with Crippen molar-refractivity contribution in [2.45, 2.75) is 32.2 Å². The number of carbonyl (C=O) groups excluding carboxylic acids is 1. The van der Waals surface area contributed by atoms with Crippen molar-refractivity contribution in [3.8, 4) is 5.75 Å². The number of rotatable bonds is 8. The predicted molar refractivity (Wildman–Crippen MR) is 138 cm³/mol. The summed E-state index contributed by atoms with van der Waals surface area (Å²) >= 11 is 6.43. The molecular formula is C29H32ClFN2O2. The van der Waals surface area contributed by atoms with Crippen LogP contribution in [0.5, 0.6) is 5.75 Å². The van der Waals surface area contributed by atoms with Crippen molar-refractivity contribution in [3.05, 3.63) is 99.8 Å². The third-order valence-electron chi connectivity index (χ3n) is 6.79. The van der Waals surface area contributed by atoms with Crippen molar-refractivity contribution in [2.24, 2.45) is 5.92 Å². The fourth-order valence-electron chi connectivity index (χ4n) is 4.91. The van der Waals surface area contributed by atoms with E-state index >= 15 is 0 Å². The minimum absolute atomic E-state index is 0.0487. The molecule has 0 aliphatic carbocycles. The van der Waals surface area contributed by atoms with E-state index in [1.807, 2.05) is 60.7 Å². The fourth-order valence-corrected chi connectivity index (χ4v) is 5.11. The van der Waals surface area contributed by atoms with E-state index in [2.05, 4.69) is 10.2 Å². The Kier molecular flexibility index (Phi) is 8.42. The number of hydrogen-bond donors (Lipinski definition) is 1. The largest absolute Gasteiger partial charge is 0.496 e. The highest BCUT2D eigenvalue weighted by Gasteiger charge is 2.32. The average Bonchev–Trinajstić information content (AvgIpc) is 2.87. The normalized spacial score (nSPS) is 18.3. The lowest BCUT2D eigenvalue weighted by Gasteiger charge is -2.37. The number of ether oxygens (including phenoxy) is 1. The van der Waals surface area contributed by atoms with Gasteiger partial charge < -0.3 is 10.1 Å². The van der Waals surface area contributed by atoms with Gasteiger partial charge in [-0.3, -0.25) is 9.69 Å². The number of halogens is 2. The van der Waals surface area contributed by atoms with Crippen LogP contribution in [0.4, 0.5) is 4.39 Å². The van der Waals surface area contributed by atoms with Gasteiger partial charge in [-0.15, -0.1) is 0 Å². The van der Waals surface area contributed by atoms with Crippen molar-refractivity contribution < 1.29 is 13.9 Å². The highest BCUT2D eigenvalue weighted by molar-refractivity contribution is 6.31. The molecule has 1 N–H and O–H groups in total. The van der Waals surface area contributed by atoms with Gasteiger partial charge in [-0.2, -0.15) is 0 Å². The highest BCUT2D eigenvalue weighted by atomic mass is 35.5. The Labute approximate surface area is 212 Å². The quantitative estimate of drug-likeness (QED) is 0.433. The van der Waals surface area contributed by atoms with Crippen molar-refractivity contribution >= 4 is 17.5 Å². The van der Waals surface area contributed by atoms with E-state index < -0.39 is 0 Å². The minimum atomic E-state index is -0.205. The third kappa shape index (κ3) is 6.41. The summed E-state index contributed by atoms with van der Waals surface area (Å²) in [4.78, 5) is 15.5. The standard InChI is InChI=1S/C29H32ClFN2O2/c1-20-15-22(11-12-27(20)31)24-16-25(19-33(18-24)17-23-8-3-5-9-26(23)30)29(34)32-14-13-21-7-4-6-10-28(21)35-2/h3-12,15,24-25H,13-14,16-19H2,1-2H3,(H,32,34). The molecule has 2 unspecified atom stereocenters. The molecule has 1 fully saturated rings. The summed E-state index contributed by atoms with van der Waals surface area (Å²) in [5, 5.41) is 3.86. The number of likely N-dealkylation sites (tertiary alicyclic amines) is 1. The van der Waals surface area contributed by atoms with E-state index in [0.29, 0.717) is 31.6 Å². The van der Waals surface area contributed by atoms with Crippen LogP contribution in [-0.2, 0) is 17.8 Å². The zero-order valence-electron chi connectivity index (χ0n) is 20.3. The van der Waals surface area contributed by atoms with E-state index in [1.54, 1.807) is 14.0 Å². The van der Waals surface area contributed by atoms with Gasteiger partial charge in [0.2, 0.25) is 5.91 Å². The summed E-state index contributed by atoms with van der Waals surface area (Å²) in [7, 11) is 1.66. The van der Waals surface area contributed by atoms with E-state index in [4.69, 9.17) is 16.3 Å². The monoisotopic (exact) mass is 494 g/mol. The fraction of sp³-hybridized carbons (Fsp3) is 0.345. The number of carbonyl (C=O) groups is 1. The van der Waals surface area contributed by atoms with E-state index in [1.165, 1.54) is 6.07 Å². The molecule has 0 bridgehead atoms. The SMILES string of the molecule is COc1ccccc1CCNC(=O)C1CC(c2ccc(F)c(C)c2)CN(Cc2ccccc2Cl)C1. The number of nitrogens with zero attached hydrogens (tertiary/aromatic N) is 1. The number of para-hydroxylation sites is 1. The number of hydrogen-bond acceptors (Lipinski definition) is 3. The second-order valence-corrected chi connectivity index (χ2v) is 9.68. The molecular weight excluding hydrogens is 463 g/mol. The first-order valence-electron chi connectivity index (χ1n) is 12.1. The molecule has 1 saturated heterocycles. The topological polar surface area (TPSA) is 41.6 Å². The number of benzene rings is 3. The molecule has 1 amide bonds. The van der Waals surface area contributed by atoms with Crippen LogP contribution in [-0.4, -0.2) is 37.6 Å². The van der Waals surface area contributed by atoms with Crippen LogP contribution in [0.1, 0.15) is 34.6 Å². The van der Waals surface area contributed by atoms with Gasteiger partial charge in [0, 0.05) is 31.2 Å². The van der Waals surface area contributed by atoms with Gasteiger partial charge in [0.05, 0.1) is 13.0 Å². The number of nitrogens with one attached hydrogen (secondary N) is 1. The van der Waals surface area contributed by atoms with Gasteiger partial charge in [0.25, 0.3) is 0 Å². The summed E-state index contributed by atoms with van der Waals surface area (Å²) in [6.45, 7) is 4.44. The summed E-state index contributed by atoms with van der Waals surface area (Å²) in [6.07, 6.45) is 1.43. The Bertz CT molecular complexity index is 1170. The first-order chi connectivity index (χ1) is 16.9. The lowest BCUT2D eigenvalue weighted by molar-refractivity contribution is -0.127. The Morgan fingerprint density at radius 2 is 1.83 bits per heavy atom. The van der Waals surface area contributed by atoms with Crippen LogP contribution in [0.25, 0.3) is 0 Å². The van der Waals surface area contributed by atoms with E-state index in [0.717, 1.165) is 40.4 Å². The Morgan fingerprint density at radius 1 is 1.09 bits per heavy atom. The van der Waals surface area contributed by atoms with Crippen LogP contribution in [0.2, 0.25) is 5.02 Å². The molecule has 0 spiro atoms. The smallest absolute Gasteiger partial charge is 0.224 e. The zero-order valence-corrected chi connectivity index (χ0v) is 21.0. The average molecular weight is 495 g/mol. The van der Waals surface area contributed by atoms with Crippen LogP contribution < -0.4 is 10.1 Å². The molecule has 4 nitrogen and oxygen atoms in total. The lowest BCUT2D eigenvalue weighted by Crippen LogP contribution is -2.45. The number of amides is 1. The molecule has 1 aliphatic rings. The highest BCUT2D eigenvalue weighted by Crippen LogP contribution is 2.33. The Balaban J connectivity index is 1.47. The molecule has 1 heterocycles. The van der Waals surface area contributed by atoms with Crippen molar-refractivity contribution in [1.82, 2.24) is 10.2 Å². The summed E-state index contributed by atoms with van der Waals surface area (Å²) < 4.78 is 19.3. The molecule has 0 aromatic heterocycles. The van der Waals surface area contributed by atoms with Crippen LogP contribution in [0, 0.1) is 18.7 Å². The van der Waals surface area contributed by atoms with Crippen LogP contribution in [0.15, 0.2) is 66.7 Å². The second-order valence-electron chi connectivity index (χ2n) is 9.28. The molecule has 3 aromatic rings. The Morgan fingerprint density at radius 3 is 2.57 bits per heavy atom. The second kappa shape index (κ2) is 11.7. The number of methoxy groups -OCH3 is 1. The number of aryl methyl sites for hydroxylation is 1. The lowest BCUT2D eigenvalue weighted by atomic mass is 9.83. The van der Waals surface area contributed by atoms with Gasteiger partial charge >= 0.3 is 0 Å². The molecule has 0 saturated carbocycles. The molecule has 0 radical (unpaired) electrons. The predicted octanol–water partition coefficient (Wildman–Crippen LogP) is 5.76. The first kappa shape index (κ1) is 25.2. The van der Waals surface area contributed by atoms with Gasteiger partial charge in [-0.1, -0.05) is 60.1 Å². The maximum Gasteiger partial charge on any atom is 0.224 e. The van der Waals surface area contributed by atoms with E-state index in [9.17, 15) is 9.18 Å². The third-order valence-corrected chi connectivity index (χ3v) is 7.16. The minimum Gasteiger partial charge on any atom is -0.496 e. The van der Waals surface area contributed by atoms with Gasteiger partial charge in [-0.25, -0.2) is 4.39 Å². The van der Waals surface area contributed by atoms with Crippen molar-refractivity contribution in [1.29, 1.82) is 0 Å². The number of piperidine rings is 1. The van der Waals surface area contributed by atoms with Crippen LogP contribution in [0.3, 0.4) is 0 Å². The van der Waals surface area contributed by atoms with Crippen molar-refractivity contribution in [2.75, 3.05) is 26.7 Å². The van der Waals surface area contributed by atoms with Crippen molar-refractivity contribution in [3.63, 3.8) is 0 Å². The van der Waals surface area contributed by atoms with Gasteiger partial charge in [0.1, 0.15) is 11.6 Å². The summed E-state index contributed by atoms with van der Waals surface area (Å²) in [5.41, 5.74) is 3.81. The Hall–Kier alpha value is -2.89. The first-order valence-corrected chi connectivity index (χ1v) is 12.4. The summed E-state index contributed by atoms with van der Waals surface area (Å²) in [5.74, 6) is 0.641. The molecule has 3 aromatic carbocycles. The zero-order chi connectivity index (χ0) is 24.8. The maximum atomic E-state index is 13.9. The molecule has 2 atom stereocenters. The molecule has 35 heavy (non-hydrogen) atoms. The van der Waals surface area contributed by atoms with Gasteiger partial charge in [-0.05, 0) is 66.1 Å².